The van der Waals surface area contributed by atoms with E-state index < -0.39 is 11.9 Å². The van der Waals surface area contributed by atoms with E-state index in [0.29, 0.717) is 55.6 Å². The molecule has 1 aliphatic heterocycles. The summed E-state index contributed by atoms with van der Waals surface area (Å²) in [5.41, 5.74) is 17.3. The fourth-order valence-corrected chi connectivity index (χ4v) is 7.35. The van der Waals surface area contributed by atoms with E-state index in [1.54, 1.807) is 35.4 Å². The number of rotatable bonds is 10. The van der Waals surface area contributed by atoms with Gasteiger partial charge in [-0.15, -0.1) is 10.2 Å². The van der Waals surface area contributed by atoms with Crippen LogP contribution in [-0.2, 0) is 16.0 Å². The molecule has 3 heterocycles. The number of aromatic amines is 1. The van der Waals surface area contributed by atoms with E-state index in [9.17, 15) is 14.4 Å². The van der Waals surface area contributed by atoms with Gasteiger partial charge in [-0.3, -0.25) is 24.3 Å². The first-order chi connectivity index (χ1) is 24.1. The van der Waals surface area contributed by atoms with Crippen LogP contribution >= 0.6 is 0 Å². The number of hydrogen-bond acceptors (Lipinski definition) is 9. The number of carbonyl (C=O) groups is 3. The summed E-state index contributed by atoms with van der Waals surface area (Å²) in [5.74, 6) is -0.173. The quantitative estimate of drug-likeness (QED) is 0.195. The molecule has 0 radical (unpaired) electrons. The Labute approximate surface area is 292 Å². The highest BCUT2D eigenvalue weighted by Gasteiger charge is 2.36. The van der Waals surface area contributed by atoms with Crippen molar-refractivity contribution >= 4 is 23.4 Å². The number of carbonyl (C=O) groups excluding carboxylic acids is 3. The molecule has 2 aliphatic rings. The van der Waals surface area contributed by atoms with Gasteiger partial charge in [-0.1, -0.05) is 24.3 Å². The molecule has 4 aromatic rings. The predicted octanol–water partition coefficient (Wildman–Crippen LogP) is 3.25. The Morgan fingerprint density at radius 3 is 2.20 bits per heavy atom. The van der Waals surface area contributed by atoms with E-state index in [1.807, 2.05) is 42.2 Å². The van der Waals surface area contributed by atoms with Crippen LogP contribution in [0.3, 0.4) is 0 Å². The zero-order valence-electron chi connectivity index (χ0n) is 28.9. The molecule has 3 atom stereocenters. The van der Waals surface area contributed by atoms with Crippen LogP contribution in [0.2, 0.25) is 0 Å². The van der Waals surface area contributed by atoms with Gasteiger partial charge in [0.2, 0.25) is 17.6 Å². The number of piperazine rings is 1. The fourth-order valence-electron chi connectivity index (χ4n) is 7.35. The number of nitrogens with two attached hydrogens (primary N) is 2. The Kier molecular flexibility index (Phi) is 10.6. The van der Waals surface area contributed by atoms with Crippen molar-refractivity contribution in [2.45, 2.75) is 71.0 Å². The molecule has 1 saturated heterocycles. The Morgan fingerprint density at radius 1 is 0.960 bits per heavy atom. The van der Waals surface area contributed by atoms with E-state index in [-0.39, 0.29) is 36.2 Å². The summed E-state index contributed by atoms with van der Waals surface area (Å²) < 4.78 is 0. The minimum Gasteiger partial charge on any atom is -0.368 e. The van der Waals surface area contributed by atoms with Crippen molar-refractivity contribution in [2.75, 3.05) is 24.5 Å². The van der Waals surface area contributed by atoms with Gasteiger partial charge in [0.1, 0.15) is 11.7 Å². The molecular weight excluding hydrogens is 632 g/mol. The number of hydrogen-bond donors (Lipinski definition) is 4. The van der Waals surface area contributed by atoms with Crippen molar-refractivity contribution in [3.8, 4) is 22.5 Å². The smallest absolute Gasteiger partial charge is 0.272 e. The topological polar surface area (TPSA) is 189 Å². The number of benzene rings is 2. The molecule has 50 heavy (non-hydrogen) atoms. The maximum Gasteiger partial charge on any atom is 0.272 e. The molecule has 2 aromatic heterocycles. The number of nitrogens with one attached hydrogen (secondary N) is 2. The molecule has 3 amide bonds. The Bertz CT molecular complexity index is 1780. The van der Waals surface area contributed by atoms with Gasteiger partial charge in [-0.05, 0) is 111 Å². The van der Waals surface area contributed by atoms with E-state index >= 15 is 0 Å². The molecule has 262 valence electrons. The second-order valence-corrected chi connectivity index (χ2v) is 13.8. The minimum atomic E-state index is -0.916. The summed E-state index contributed by atoms with van der Waals surface area (Å²) in [5, 5.41) is 17.6. The number of aromatic nitrogens is 5. The second kappa shape index (κ2) is 15.3. The minimum absolute atomic E-state index is 0.0660. The Morgan fingerprint density at radius 2 is 1.62 bits per heavy atom. The average molecular weight is 679 g/mol. The molecular formula is C37H46N10O3. The summed E-state index contributed by atoms with van der Waals surface area (Å²) in [6, 6.07) is 16.4. The van der Waals surface area contributed by atoms with Gasteiger partial charge in [0.05, 0.1) is 0 Å². The third-order valence-corrected chi connectivity index (χ3v) is 10.0. The number of nitrogens with zero attached hydrogens (tertiary/aromatic N) is 6. The number of aryl methyl sites for hydroxylation is 1. The lowest BCUT2D eigenvalue weighted by atomic mass is 9.81. The van der Waals surface area contributed by atoms with Crippen molar-refractivity contribution < 1.29 is 14.4 Å². The van der Waals surface area contributed by atoms with Crippen molar-refractivity contribution in [1.29, 1.82) is 0 Å². The molecule has 0 spiro atoms. The van der Waals surface area contributed by atoms with Gasteiger partial charge in [0.15, 0.2) is 0 Å². The standard InChI is InChI=1S/C37H46N10O3/c1-22-16-32(37(50)46-20-23(2)41-24(3)21-46)40-19-31(22)27-8-4-25(5-9-27)17-33(34(39)48)47(36(49)29-10-6-26(18-38)7-11-29)30-14-12-28(13-15-30)35-42-44-45-43-35/h4-5,8-9,12-16,19,23-24,26,29,33,41H,6-7,10-11,17-18,20-21,38H2,1-3H3,(H2,39,48)(H,42,43,44,45)/t23?,24?,26?,29?,33-/m0/s1. The zero-order valence-corrected chi connectivity index (χ0v) is 28.9. The van der Waals surface area contributed by atoms with Crippen molar-refractivity contribution in [1.82, 2.24) is 35.8 Å². The predicted molar refractivity (Wildman–Crippen MR) is 191 cm³/mol. The zero-order chi connectivity index (χ0) is 35.4. The van der Waals surface area contributed by atoms with Crippen LogP contribution in [0.5, 0.6) is 0 Å². The van der Waals surface area contributed by atoms with Gasteiger partial charge in [-0.2, -0.15) is 5.21 Å². The van der Waals surface area contributed by atoms with E-state index in [1.165, 1.54) is 0 Å². The summed E-state index contributed by atoms with van der Waals surface area (Å²) in [7, 11) is 0. The number of pyridine rings is 1. The first-order valence-electron chi connectivity index (χ1n) is 17.4. The summed E-state index contributed by atoms with van der Waals surface area (Å²) in [4.78, 5) is 48.6. The van der Waals surface area contributed by atoms with E-state index in [4.69, 9.17) is 11.5 Å². The molecule has 2 aromatic carbocycles. The van der Waals surface area contributed by atoms with Crippen molar-refractivity contribution in [3.63, 3.8) is 0 Å². The lowest BCUT2D eigenvalue weighted by molar-refractivity contribution is -0.127. The summed E-state index contributed by atoms with van der Waals surface area (Å²) in [6.45, 7) is 8.02. The van der Waals surface area contributed by atoms with Gasteiger partial charge in [-0.25, -0.2) is 0 Å². The Balaban J connectivity index is 1.22. The van der Waals surface area contributed by atoms with Gasteiger partial charge >= 0.3 is 0 Å². The highest BCUT2D eigenvalue weighted by Crippen LogP contribution is 2.33. The molecule has 1 saturated carbocycles. The third kappa shape index (κ3) is 7.74. The number of primary amides is 1. The van der Waals surface area contributed by atoms with Gasteiger partial charge in [0.25, 0.3) is 5.91 Å². The number of anilines is 1. The fraction of sp³-hybridized carbons (Fsp3) is 0.432. The molecule has 1 aliphatic carbocycles. The maximum absolute atomic E-state index is 14.2. The molecule has 13 nitrogen and oxygen atoms in total. The van der Waals surface area contributed by atoms with Crippen LogP contribution in [0.25, 0.3) is 22.5 Å². The molecule has 13 heteroatoms. The number of amides is 3. The van der Waals surface area contributed by atoms with E-state index in [2.05, 4.69) is 44.8 Å². The van der Waals surface area contributed by atoms with Crippen LogP contribution in [-0.4, -0.2) is 86.0 Å². The average Bonchev–Trinajstić information content (AvgIpc) is 3.66. The highest BCUT2D eigenvalue weighted by atomic mass is 16.2. The molecule has 2 fully saturated rings. The third-order valence-electron chi connectivity index (χ3n) is 10.0. The van der Waals surface area contributed by atoms with Crippen molar-refractivity contribution in [3.05, 3.63) is 77.6 Å². The van der Waals surface area contributed by atoms with Crippen LogP contribution in [0.4, 0.5) is 5.69 Å². The lowest BCUT2D eigenvalue weighted by Gasteiger charge is -2.36. The highest BCUT2D eigenvalue weighted by molar-refractivity contribution is 6.02. The van der Waals surface area contributed by atoms with Crippen LogP contribution in [0.15, 0.2) is 60.8 Å². The van der Waals surface area contributed by atoms with Crippen LogP contribution in [0.1, 0.15) is 61.1 Å². The first kappa shape index (κ1) is 34.8. The maximum atomic E-state index is 14.2. The number of H-pyrrole nitrogens is 1. The normalized spacial score (nSPS) is 21.4. The van der Waals surface area contributed by atoms with Gasteiger partial charge in [0, 0.05) is 60.5 Å². The molecule has 0 bridgehead atoms. The summed E-state index contributed by atoms with van der Waals surface area (Å²) >= 11 is 0. The molecule has 6 rings (SSSR count). The van der Waals surface area contributed by atoms with Crippen LogP contribution < -0.4 is 21.7 Å². The monoisotopic (exact) mass is 678 g/mol. The SMILES string of the molecule is Cc1cc(C(=O)N2CC(C)NC(C)C2)ncc1-c1ccc(C[C@@H](C(N)=O)N(C(=O)C2CCC(CN)CC2)c2ccc(-c3nn[nH]n3)cc2)cc1. The first-order valence-corrected chi connectivity index (χ1v) is 17.4. The second-order valence-electron chi connectivity index (χ2n) is 13.8. The van der Waals surface area contributed by atoms with Crippen LogP contribution in [0, 0.1) is 18.8 Å². The largest absolute Gasteiger partial charge is 0.368 e. The van der Waals surface area contributed by atoms with Gasteiger partial charge < -0.3 is 21.7 Å². The lowest BCUT2D eigenvalue weighted by Crippen LogP contribution is -2.55. The Hall–Kier alpha value is -5.01. The van der Waals surface area contributed by atoms with E-state index in [0.717, 1.165) is 40.7 Å². The molecule has 6 N–H and O–H groups in total. The summed E-state index contributed by atoms with van der Waals surface area (Å²) in [6.07, 6.45) is 5.15. The number of tetrazole rings is 1. The van der Waals surface area contributed by atoms with Crippen molar-refractivity contribution in [2.24, 2.45) is 23.3 Å². The molecule has 2 unspecified atom stereocenters.